The van der Waals surface area contributed by atoms with E-state index < -0.39 is 12.5 Å². The lowest BCUT2D eigenvalue weighted by molar-refractivity contribution is -0.114. The largest absolute Gasteiger partial charge is 0.490 e. The van der Waals surface area contributed by atoms with Crippen LogP contribution in [0.25, 0.3) is 6.08 Å². The van der Waals surface area contributed by atoms with Gasteiger partial charge in [-0.05, 0) is 48.9 Å². The second kappa shape index (κ2) is 10.4. The molecule has 0 aliphatic rings. The summed E-state index contributed by atoms with van der Waals surface area (Å²) in [5.41, 5.74) is 1.27. The molecule has 0 saturated carbocycles. The maximum Gasteiger partial charge on any atom is 0.387 e. The van der Waals surface area contributed by atoms with Gasteiger partial charge in [0.1, 0.15) is 0 Å². The molecule has 0 bridgehead atoms. The summed E-state index contributed by atoms with van der Waals surface area (Å²) in [6.45, 7) is 0.336. The minimum Gasteiger partial charge on any atom is -0.490 e. The highest BCUT2D eigenvalue weighted by Gasteiger charge is 2.11. The molecule has 0 atom stereocenters. The Kier molecular flexibility index (Phi) is 7.97. The average Bonchev–Trinajstić information content (AvgIpc) is 2.63. The highest BCUT2D eigenvalue weighted by atomic mass is 35.5. The molecule has 0 radical (unpaired) electrons. The van der Waals surface area contributed by atoms with Crippen LogP contribution in [-0.4, -0.2) is 25.0 Å². The lowest BCUT2D eigenvalue weighted by Crippen LogP contribution is -2.13. The molecular weight excluding hydrogens is 406 g/mol. The summed E-state index contributed by atoms with van der Waals surface area (Å²) in [5.74, 6) is -0.738. The van der Waals surface area contributed by atoms with Gasteiger partial charge in [-0.2, -0.15) is 8.78 Å². The zero-order valence-electron chi connectivity index (χ0n) is 15.7. The van der Waals surface area contributed by atoms with Crippen LogP contribution in [0.3, 0.4) is 0 Å². The van der Waals surface area contributed by atoms with Gasteiger partial charge in [-0.1, -0.05) is 17.7 Å². The van der Waals surface area contributed by atoms with Crippen LogP contribution in [0.15, 0.2) is 42.5 Å². The monoisotopic (exact) mass is 424 g/mol. The fourth-order valence-electron chi connectivity index (χ4n) is 2.35. The minimum atomic E-state index is -2.98. The van der Waals surface area contributed by atoms with Gasteiger partial charge >= 0.3 is 6.61 Å². The van der Waals surface area contributed by atoms with E-state index in [1.807, 2.05) is 0 Å². The van der Waals surface area contributed by atoms with Crippen molar-refractivity contribution in [3.05, 3.63) is 53.1 Å². The SMILES string of the molecule is CCOc1cc(C=CC(=O)Nc2cc(Cl)ccc2NC(C)=O)ccc1OC(F)F. The number of rotatable bonds is 8. The molecule has 9 heteroatoms. The normalized spacial score (nSPS) is 10.8. The Morgan fingerprint density at radius 2 is 1.86 bits per heavy atom. The summed E-state index contributed by atoms with van der Waals surface area (Å²) < 4.78 is 34.6. The number of ether oxygens (including phenoxy) is 2. The second-order valence-corrected chi connectivity index (χ2v) is 6.15. The molecule has 0 heterocycles. The number of hydrogen-bond acceptors (Lipinski definition) is 4. The molecule has 0 aliphatic heterocycles. The fraction of sp³-hybridized carbons (Fsp3) is 0.200. The summed E-state index contributed by atoms with van der Waals surface area (Å²) >= 11 is 5.95. The minimum absolute atomic E-state index is 0.0951. The van der Waals surface area contributed by atoms with Crippen LogP contribution in [0.2, 0.25) is 5.02 Å². The Labute approximate surface area is 171 Å². The summed E-state index contributed by atoms with van der Waals surface area (Å²) in [6.07, 6.45) is 2.73. The first-order valence-electron chi connectivity index (χ1n) is 8.56. The molecule has 0 fully saturated rings. The predicted octanol–water partition coefficient (Wildman–Crippen LogP) is 4.95. The van der Waals surface area contributed by atoms with Crippen molar-refractivity contribution in [1.29, 1.82) is 0 Å². The van der Waals surface area contributed by atoms with Crippen LogP contribution < -0.4 is 20.1 Å². The standard InChI is InChI=1S/C20H19ClF2N2O4/c1-3-28-18-10-13(4-8-17(18)29-20(22)23)5-9-19(27)25-16-11-14(21)6-7-15(16)24-12(2)26/h4-11,20H,3H2,1-2H3,(H,24,26)(H,25,27). The maximum absolute atomic E-state index is 12.5. The van der Waals surface area contributed by atoms with Gasteiger partial charge in [0.2, 0.25) is 11.8 Å². The van der Waals surface area contributed by atoms with Gasteiger partial charge < -0.3 is 20.1 Å². The predicted molar refractivity (Wildman–Crippen MR) is 108 cm³/mol. The summed E-state index contributed by atoms with van der Waals surface area (Å²) in [5, 5.41) is 5.60. The van der Waals surface area contributed by atoms with E-state index in [0.29, 0.717) is 22.0 Å². The van der Waals surface area contributed by atoms with Gasteiger partial charge in [-0.15, -0.1) is 0 Å². The number of amides is 2. The lowest BCUT2D eigenvalue weighted by Gasteiger charge is -2.12. The van der Waals surface area contributed by atoms with E-state index in [9.17, 15) is 18.4 Å². The molecule has 0 unspecified atom stereocenters. The number of carbonyl (C=O) groups is 2. The molecule has 2 N–H and O–H groups in total. The van der Waals surface area contributed by atoms with Crippen LogP contribution in [0.4, 0.5) is 20.2 Å². The van der Waals surface area contributed by atoms with Crippen molar-refractivity contribution < 1.29 is 27.8 Å². The molecule has 2 amide bonds. The van der Waals surface area contributed by atoms with Crippen LogP contribution in [-0.2, 0) is 9.59 Å². The second-order valence-electron chi connectivity index (χ2n) is 5.71. The smallest absolute Gasteiger partial charge is 0.387 e. The number of nitrogens with one attached hydrogen (secondary N) is 2. The van der Waals surface area contributed by atoms with Gasteiger partial charge in [0, 0.05) is 18.0 Å². The quantitative estimate of drug-likeness (QED) is 0.588. The number of carbonyl (C=O) groups excluding carboxylic acids is 2. The van der Waals surface area contributed by atoms with Gasteiger partial charge in [0.15, 0.2) is 11.5 Å². The van der Waals surface area contributed by atoms with Crippen molar-refractivity contribution >= 4 is 40.9 Å². The Bertz CT molecular complexity index is 919. The molecule has 6 nitrogen and oxygen atoms in total. The van der Waals surface area contributed by atoms with E-state index in [2.05, 4.69) is 15.4 Å². The van der Waals surface area contributed by atoms with E-state index in [4.69, 9.17) is 16.3 Å². The van der Waals surface area contributed by atoms with E-state index in [1.165, 1.54) is 43.3 Å². The third kappa shape index (κ3) is 7.08. The van der Waals surface area contributed by atoms with E-state index in [-0.39, 0.29) is 24.0 Å². The number of hydrogen-bond donors (Lipinski definition) is 2. The highest BCUT2D eigenvalue weighted by Crippen LogP contribution is 2.30. The van der Waals surface area contributed by atoms with Crippen molar-refractivity contribution in [2.24, 2.45) is 0 Å². The van der Waals surface area contributed by atoms with Gasteiger partial charge in [-0.3, -0.25) is 9.59 Å². The Balaban J connectivity index is 2.16. The topological polar surface area (TPSA) is 76.7 Å². The van der Waals surface area contributed by atoms with Crippen LogP contribution in [0.5, 0.6) is 11.5 Å². The number of alkyl halides is 2. The molecule has 0 saturated heterocycles. The summed E-state index contributed by atoms with van der Waals surface area (Å²) in [6, 6.07) is 8.97. The molecule has 2 aromatic carbocycles. The van der Waals surface area contributed by atoms with Crippen LogP contribution >= 0.6 is 11.6 Å². The molecule has 0 spiro atoms. The first-order valence-corrected chi connectivity index (χ1v) is 8.94. The van der Waals surface area contributed by atoms with E-state index in [0.717, 1.165) is 0 Å². The average molecular weight is 425 g/mol. The van der Waals surface area contributed by atoms with Crippen molar-refractivity contribution in [2.45, 2.75) is 20.5 Å². The Morgan fingerprint density at radius 1 is 1.10 bits per heavy atom. The maximum atomic E-state index is 12.5. The zero-order chi connectivity index (χ0) is 21.4. The summed E-state index contributed by atoms with van der Waals surface area (Å²) in [4.78, 5) is 23.5. The van der Waals surface area contributed by atoms with Gasteiger partial charge in [-0.25, -0.2) is 0 Å². The highest BCUT2D eigenvalue weighted by molar-refractivity contribution is 6.31. The van der Waals surface area contributed by atoms with Crippen molar-refractivity contribution in [2.75, 3.05) is 17.2 Å². The lowest BCUT2D eigenvalue weighted by atomic mass is 10.2. The van der Waals surface area contributed by atoms with E-state index in [1.54, 1.807) is 19.1 Å². The fourth-order valence-corrected chi connectivity index (χ4v) is 2.53. The van der Waals surface area contributed by atoms with Crippen molar-refractivity contribution in [1.82, 2.24) is 0 Å². The molecule has 2 rings (SSSR count). The first kappa shape index (κ1) is 22.2. The number of halogens is 3. The Morgan fingerprint density at radius 3 is 2.52 bits per heavy atom. The van der Waals surface area contributed by atoms with Crippen LogP contribution in [0.1, 0.15) is 19.4 Å². The number of anilines is 2. The molecule has 0 aromatic heterocycles. The third-order valence-corrected chi connectivity index (χ3v) is 3.70. The van der Waals surface area contributed by atoms with Crippen molar-refractivity contribution in [3.8, 4) is 11.5 Å². The van der Waals surface area contributed by atoms with Crippen LogP contribution in [0, 0.1) is 0 Å². The molecule has 29 heavy (non-hydrogen) atoms. The van der Waals surface area contributed by atoms with E-state index >= 15 is 0 Å². The van der Waals surface area contributed by atoms with Gasteiger partial charge in [0.05, 0.1) is 18.0 Å². The van der Waals surface area contributed by atoms with Crippen molar-refractivity contribution in [3.63, 3.8) is 0 Å². The Hall–Kier alpha value is -3.13. The number of benzene rings is 2. The molecule has 154 valence electrons. The zero-order valence-corrected chi connectivity index (χ0v) is 16.4. The van der Waals surface area contributed by atoms with Gasteiger partial charge in [0.25, 0.3) is 0 Å². The molecular formula is C20H19ClF2N2O4. The third-order valence-electron chi connectivity index (χ3n) is 3.46. The molecule has 0 aliphatic carbocycles. The first-order chi connectivity index (χ1) is 13.8. The summed E-state index contributed by atoms with van der Waals surface area (Å²) in [7, 11) is 0. The molecule has 2 aromatic rings.